The van der Waals surface area contributed by atoms with Crippen LogP contribution >= 0.6 is 19.4 Å². The van der Waals surface area contributed by atoms with E-state index in [1.54, 1.807) is 0 Å². The van der Waals surface area contributed by atoms with E-state index in [4.69, 9.17) is 26.3 Å². The molecular weight excluding hydrogens is 395 g/mol. The molecule has 13 heteroatoms. The van der Waals surface area contributed by atoms with Gasteiger partial charge in [-0.3, -0.25) is 9.05 Å². The Morgan fingerprint density at radius 2 is 1.50 bits per heavy atom. The molecular formula is C13H30ClN2O9P. The van der Waals surface area contributed by atoms with Crippen molar-refractivity contribution in [3.63, 3.8) is 0 Å². The maximum Gasteiger partial charge on any atom is 0.472 e. The summed E-state index contributed by atoms with van der Waals surface area (Å²) in [5.74, 6) is 0.534. The predicted octanol–water partition coefficient (Wildman–Crippen LogP) is -2.64. The highest BCUT2D eigenvalue weighted by atomic mass is 35.5. The van der Waals surface area contributed by atoms with E-state index >= 15 is 0 Å². The maximum atomic E-state index is 11.6. The number of aliphatic hydroxyl groups excluding tert-OH is 5. The summed E-state index contributed by atoms with van der Waals surface area (Å²) >= 11 is 5.50. The van der Waals surface area contributed by atoms with Crippen LogP contribution in [0.5, 0.6) is 0 Å². The molecule has 0 bridgehead atoms. The van der Waals surface area contributed by atoms with Crippen LogP contribution in [-0.4, -0.2) is 107 Å². The standard InChI is InChI=1S/C13H30ClN2O9P/c14-2-4-16-6-5-15-3-1-7-24-26(22,23)25-9-11(19)13(21)12(20)10(18)8-17/h10-13,15-21H,1-9H2,(H,22,23). The van der Waals surface area contributed by atoms with Gasteiger partial charge in [0.15, 0.2) is 0 Å². The Kier molecular flexibility index (Phi) is 15.2. The first-order valence-electron chi connectivity index (χ1n) is 8.17. The molecule has 11 nitrogen and oxygen atoms in total. The van der Waals surface area contributed by atoms with Crippen molar-refractivity contribution in [2.45, 2.75) is 30.8 Å². The normalized spacial score (nSPS) is 18.9. The van der Waals surface area contributed by atoms with Crippen LogP contribution in [0.2, 0.25) is 0 Å². The molecule has 0 aliphatic rings. The summed E-state index contributed by atoms with van der Waals surface area (Å²) in [4.78, 5) is 9.46. The lowest BCUT2D eigenvalue weighted by molar-refractivity contribution is -0.122. The molecule has 0 radical (unpaired) electrons. The van der Waals surface area contributed by atoms with Gasteiger partial charge in [0.2, 0.25) is 0 Å². The minimum absolute atomic E-state index is 0.0691. The van der Waals surface area contributed by atoms with E-state index < -0.39 is 45.5 Å². The Labute approximate surface area is 157 Å². The zero-order valence-corrected chi connectivity index (χ0v) is 16.1. The predicted molar refractivity (Wildman–Crippen MR) is 93.9 cm³/mol. The lowest BCUT2D eigenvalue weighted by Gasteiger charge is -2.25. The SMILES string of the molecule is O=P(O)(OCCCNCCNCCCl)OCC(O)C(O)C(O)C(O)CO. The van der Waals surface area contributed by atoms with Gasteiger partial charge in [0, 0.05) is 25.5 Å². The van der Waals surface area contributed by atoms with Crippen molar-refractivity contribution in [3.8, 4) is 0 Å². The number of hydrogen-bond acceptors (Lipinski definition) is 10. The Bertz CT molecular complexity index is 397. The number of rotatable bonds is 17. The van der Waals surface area contributed by atoms with Crippen molar-refractivity contribution in [1.82, 2.24) is 10.6 Å². The van der Waals surface area contributed by atoms with E-state index in [0.29, 0.717) is 31.9 Å². The highest BCUT2D eigenvalue weighted by Gasteiger charge is 2.32. The molecule has 0 fully saturated rings. The molecule has 0 rings (SSSR count). The lowest BCUT2D eigenvalue weighted by Crippen LogP contribution is -2.47. The summed E-state index contributed by atoms with van der Waals surface area (Å²) in [6, 6.07) is 0. The second kappa shape index (κ2) is 15.1. The summed E-state index contributed by atoms with van der Waals surface area (Å²) in [5.41, 5.74) is 0. The average Bonchev–Trinajstić information content (AvgIpc) is 2.62. The molecule has 0 amide bonds. The minimum Gasteiger partial charge on any atom is -0.394 e. The number of aliphatic hydroxyl groups is 5. The molecule has 8 N–H and O–H groups in total. The Morgan fingerprint density at radius 1 is 0.923 bits per heavy atom. The van der Waals surface area contributed by atoms with Crippen LogP contribution in [0.3, 0.4) is 0 Å². The van der Waals surface area contributed by atoms with Crippen molar-refractivity contribution >= 4 is 19.4 Å². The van der Waals surface area contributed by atoms with Crippen LogP contribution in [0.4, 0.5) is 0 Å². The molecule has 158 valence electrons. The van der Waals surface area contributed by atoms with E-state index in [0.717, 1.165) is 6.54 Å². The van der Waals surface area contributed by atoms with E-state index in [1.807, 2.05) is 0 Å². The van der Waals surface area contributed by atoms with Gasteiger partial charge < -0.3 is 41.1 Å². The monoisotopic (exact) mass is 424 g/mol. The van der Waals surface area contributed by atoms with Crippen molar-refractivity contribution in [3.05, 3.63) is 0 Å². The fraction of sp³-hybridized carbons (Fsp3) is 1.00. The molecule has 5 atom stereocenters. The molecule has 0 aromatic heterocycles. The topological polar surface area (TPSA) is 181 Å². The van der Waals surface area contributed by atoms with Gasteiger partial charge in [0.05, 0.1) is 19.8 Å². The molecule has 5 unspecified atom stereocenters. The van der Waals surface area contributed by atoms with Crippen molar-refractivity contribution < 1.29 is 44.0 Å². The molecule has 0 saturated carbocycles. The van der Waals surface area contributed by atoms with Crippen molar-refractivity contribution in [1.29, 1.82) is 0 Å². The summed E-state index contributed by atoms with van der Waals surface area (Å²) in [7, 11) is -4.44. The van der Waals surface area contributed by atoms with Gasteiger partial charge in [-0.05, 0) is 13.0 Å². The Hall–Kier alpha value is 0.120. The number of alkyl halides is 1. The fourth-order valence-electron chi connectivity index (χ4n) is 1.74. The quantitative estimate of drug-likeness (QED) is 0.0694. The van der Waals surface area contributed by atoms with Crippen LogP contribution in [0.1, 0.15) is 6.42 Å². The van der Waals surface area contributed by atoms with E-state index in [-0.39, 0.29) is 6.61 Å². The van der Waals surface area contributed by atoms with Crippen LogP contribution in [0, 0.1) is 0 Å². The zero-order valence-electron chi connectivity index (χ0n) is 14.4. The minimum atomic E-state index is -4.44. The fourth-order valence-corrected chi connectivity index (χ4v) is 2.65. The van der Waals surface area contributed by atoms with E-state index in [9.17, 15) is 24.8 Å². The van der Waals surface area contributed by atoms with Gasteiger partial charge in [-0.1, -0.05) is 0 Å². The zero-order chi connectivity index (χ0) is 20.0. The number of phosphoric acid groups is 1. The van der Waals surface area contributed by atoms with Gasteiger partial charge in [-0.2, -0.15) is 0 Å². The third kappa shape index (κ3) is 12.5. The molecule has 0 aliphatic carbocycles. The smallest absolute Gasteiger partial charge is 0.394 e. The van der Waals surface area contributed by atoms with Crippen LogP contribution < -0.4 is 10.6 Å². The third-order valence-corrected chi connectivity index (χ3v) is 4.41. The largest absolute Gasteiger partial charge is 0.472 e. The molecule has 26 heavy (non-hydrogen) atoms. The number of halogens is 1. The molecule has 0 saturated heterocycles. The first-order chi connectivity index (χ1) is 12.2. The molecule has 0 aromatic rings. The third-order valence-electron chi connectivity index (χ3n) is 3.24. The first kappa shape index (κ1) is 26.1. The summed E-state index contributed by atoms with van der Waals surface area (Å²) in [5, 5.41) is 52.5. The van der Waals surface area contributed by atoms with Crippen LogP contribution in [0.15, 0.2) is 0 Å². The summed E-state index contributed by atoms with van der Waals surface area (Å²) in [6.45, 7) is 1.00. The van der Waals surface area contributed by atoms with Crippen molar-refractivity contribution in [2.75, 3.05) is 51.9 Å². The van der Waals surface area contributed by atoms with Gasteiger partial charge in [0.1, 0.15) is 24.4 Å². The average molecular weight is 425 g/mol. The lowest BCUT2D eigenvalue weighted by atomic mass is 10.0. The second-order valence-electron chi connectivity index (χ2n) is 5.44. The maximum absolute atomic E-state index is 11.6. The second-order valence-corrected chi connectivity index (χ2v) is 7.27. The number of nitrogens with one attached hydrogen (secondary N) is 2. The highest BCUT2D eigenvalue weighted by Crippen LogP contribution is 2.43. The van der Waals surface area contributed by atoms with Crippen LogP contribution in [0.25, 0.3) is 0 Å². The van der Waals surface area contributed by atoms with Crippen molar-refractivity contribution in [2.24, 2.45) is 0 Å². The molecule has 0 spiro atoms. The van der Waals surface area contributed by atoms with Gasteiger partial charge >= 0.3 is 7.82 Å². The Morgan fingerprint density at radius 3 is 2.08 bits per heavy atom. The first-order valence-corrected chi connectivity index (χ1v) is 10.2. The molecule has 0 aliphatic heterocycles. The van der Waals surface area contributed by atoms with E-state index in [1.165, 1.54) is 0 Å². The summed E-state index contributed by atoms with van der Waals surface area (Å²) < 4.78 is 20.9. The molecule has 0 aromatic carbocycles. The molecule has 0 heterocycles. The van der Waals surface area contributed by atoms with Crippen LogP contribution in [-0.2, 0) is 13.6 Å². The van der Waals surface area contributed by atoms with Gasteiger partial charge in [0.25, 0.3) is 0 Å². The highest BCUT2D eigenvalue weighted by molar-refractivity contribution is 7.47. The number of phosphoric ester groups is 1. The van der Waals surface area contributed by atoms with Gasteiger partial charge in [-0.25, -0.2) is 4.57 Å². The Balaban J connectivity index is 3.88. The number of hydrogen-bond donors (Lipinski definition) is 8. The summed E-state index contributed by atoms with van der Waals surface area (Å²) in [6.07, 6.45) is -6.72. The van der Waals surface area contributed by atoms with E-state index in [2.05, 4.69) is 15.2 Å². The van der Waals surface area contributed by atoms with Gasteiger partial charge in [-0.15, -0.1) is 11.6 Å².